The van der Waals surface area contributed by atoms with Gasteiger partial charge in [-0.05, 0) is 51.4 Å². The second kappa shape index (κ2) is 4.63. The minimum absolute atomic E-state index is 0.479. The summed E-state index contributed by atoms with van der Waals surface area (Å²) in [6.07, 6.45) is 9.35. The summed E-state index contributed by atoms with van der Waals surface area (Å²) in [5.74, 6) is 0.964. The molecule has 14 heavy (non-hydrogen) atoms. The SMILES string of the molecule is CC(NC1CCC(N)CC1)C1CCC1. The van der Waals surface area contributed by atoms with Crippen LogP contribution in [-0.4, -0.2) is 18.1 Å². The Morgan fingerprint density at radius 3 is 2.21 bits per heavy atom. The Morgan fingerprint density at radius 2 is 1.71 bits per heavy atom. The van der Waals surface area contributed by atoms with Crippen LogP contribution in [0.15, 0.2) is 0 Å². The first-order chi connectivity index (χ1) is 6.75. The number of hydrogen-bond donors (Lipinski definition) is 2. The molecule has 1 unspecified atom stereocenters. The third kappa shape index (κ3) is 2.48. The average molecular weight is 196 g/mol. The topological polar surface area (TPSA) is 38.0 Å². The predicted molar refractivity (Wildman–Crippen MR) is 60.2 cm³/mol. The van der Waals surface area contributed by atoms with Crippen LogP contribution in [-0.2, 0) is 0 Å². The quantitative estimate of drug-likeness (QED) is 0.725. The van der Waals surface area contributed by atoms with E-state index in [9.17, 15) is 0 Å². The molecule has 0 aromatic rings. The lowest BCUT2D eigenvalue weighted by Gasteiger charge is -2.36. The first kappa shape index (κ1) is 10.4. The summed E-state index contributed by atoms with van der Waals surface area (Å²) in [5.41, 5.74) is 5.90. The molecule has 2 aliphatic carbocycles. The maximum absolute atomic E-state index is 5.90. The summed E-state index contributed by atoms with van der Waals surface area (Å²) >= 11 is 0. The molecule has 0 aromatic heterocycles. The second-order valence-corrected chi connectivity index (χ2v) is 5.26. The van der Waals surface area contributed by atoms with E-state index in [0.29, 0.717) is 6.04 Å². The van der Waals surface area contributed by atoms with Gasteiger partial charge >= 0.3 is 0 Å². The molecule has 3 N–H and O–H groups in total. The minimum atomic E-state index is 0.479. The lowest BCUT2D eigenvalue weighted by Crippen LogP contribution is -2.45. The summed E-state index contributed by atoms with van der Waals surface area (Å²) in [6.45, 7) is 2.36. The van der Waals surface area contributed by atoms with E-state index in [1.165, 1.54) is 44.9 Å². The highest BCUT2D eigenvalue weighted by molar-refractivity contribution is 4.85. The Balaban J connectivity index is 1.68. The molecule has 1 atom stereocenters. The molecule has 0 amide bonds. The zero-order valence-electron chi connectivity index (χ0n) is 9.34. The molecular formula is C12H24N2. The van der Waals surface area contributed by atoms with E-state index in [1.54, 1.807) is 0 Å². The lowest BCUT2D eigenvalue weighted by atomic mass is 9.79. The van der Waals surface area contributed by atoms with Crippen LogP contribution in [0.2, 0.25) is 0 Å². The standard InChI is InChI=1S/C12H24N2/c1-9(10-3-2-4-10)14-12-7-5-11(13)6-8-12/h9-12,14H,2-8,13H2,1H3. The number of rotatable bonds is 3. The van der Waals surface area contributed by atoms with E-state index in [4.69, 9.17) is 5.73 Å². The zero-order valence-corrected chi connectivity index (χ0v) is 9.34. The molecule has 0 heterocycles. The van der Waals surface area contributed by atoms with Crippen LogP contribution in [0.1, 0.15) is 51.9 Å². The molecule has 82 valence electrons. The highest BCUT2D eigenvalue weighted by Crippen LogP contribution is 2.30. The van der Waals surface area contributed by atoms with Crippen molar-refractivity contribution in [3.63, 3.8) is 0 Å². The van der Waals surface area contributed by atoms with Gasteiger partial charge in [0.05, 0.1) is 0 Å². The van der Waals surface area contributed by atoms with Crippen molar-refractivity contribution in [2.75, 3.05) is 0 Å². The summed E-state index contributed by atoms with van der Waals surface area (Å²) in [4.78, 5) is 0. The number of nitrogens with two attached hydrogens (primary N) is 1. The van der Waals surface area contributed by atoms with Crippen LogP contribution in [0.25, 0.3) is 0 Å². The Kier molecular flexibility index (Phi) is 3.45. The maximum atomic E-state index is 5.90. The van der Waals surface area contributed by atoms with Crippen molar-refractivity contribution < 1.29 is 0 Å². The van der Waals surface area contributed by atoms with Crippen LogP contribution in [0, 0.1) is 5.92 Å². The van der Waals surface area contributed by atoms with Gasteiger partial charge in [-0.15, -0.1) is 0 Å². The highest BCUT2D eigenvalue weighted by atomic mass is 15.0. The molecule has 0 bridgehead atoms. The molecule has 2 fully saturated rings. The fourth-order valence-corrected chi connectivity index (χ4v) is 2.73. The smallest absolute Gasteiger partial charge is 0.00708 e. The van der Waals surface area contributed by atoms with E-state index in [0.717, 1.165) is 18.0 Å². The van der Waals surface area contributed by atoms with Crippen LogP contribution >= 0.6 is 0 Å². The summed E-state index contributed by atoms with van der Waals surface area (Å²) < 4.78 is 0. The van der Waals surface area contributed by atoms with Gasteiger partial charge in [-0.2, -0.15) is 0 Å². The molecule has 0 radical (unpaired) electrons. The van der Waals surface area contributed by atoms with Gasteiger partial charge in [0.15, 0.2) is 0 Å². The van der Waals surface area contributed by atoms with Gasteiger partial charge in [0.25, 0.3) is 0 Å². The van der Waals surface area contributed by atoms with E-state index in [-0.39, 0.29) is 0 Å². The van der Waals surface area contributed by atoms with E-state index < -0.39 is 0 Å². The van der Waals surface area contributed by atoms with E-state index >= 15 is 0 Å². The second-order valence-electron chi connectivity index (χ2n) is 5.26. The summed E-state index contributed by atoms with van der Waals surface area (Å²) in [6, 6.07) is 1.97. The van der Waals surface area contributed by atoms with Crippen LogP contribution in [0.3, 0.4) is 0 Å². The van der Waals surface area contributed by atoms with Crippen molar-refractivity contribution in [2.45, 2.75) is 70.0 Å². The van der Waals surface area contributed by atoms with Gasteiger partial charge in [0.1, 0.15) is 0 Å². The Bertz CT molecular complexity index is 169. The lowest BCUT2D eigenvalue weighted by molar-refractivity contribution is 0.208. The van der Waals surface area contributed by atoms with Gasteiger partial charge in [0, 0.05) is 18.1 Å². The van der Waals surface area contributed by atoms with E-state index in [2.05, 4.69) is 12.2 Å². The molecular weight excluding hydrogens is 172 g/mol. The van der Waals surface area contributed by atoms with Gasteiger partial charge in [-0.1, -0.05) is 6.42 Å². The van der Waals surface area contributed by atoms with Crippen molar-refractivity contribution >= 4 is 0 Å². The molecule has 2 saturated carbocycles. The van der Waals surface area contributed by atoms with Crippen molar-refractivity contribution in [1.29, 1.82) is 0 Å². The predicted octanol–water partition coefficient (Wildman–Crippen LogP) is 2.03. The molecule has 2 rings (SSSR count). The Hall–Kier alpha value is -0.0800. The van der Waals surface area contributed by atoms with Gasteiger partial charge in [-0.3, -0.25) is 0 Å². The third-order valence-electron chi connectivity index (χ3n) is 4.13. The zero-order chi connectivity index (χ0) is 9.97. The summed E-state index contributed by atoms with van der Waals surface area (Å²) in [7, 11) is 0. The molecule has 0 saturated heterocycles. The highest BCUT2D eigenvalue weighted by Gasteiger charge is 2.26. The molecule has 2 nitrogen and oxygen atoms in total. The molecule has 2 aliphatic rings. The normalized spacial score (nSPS) is 36.4. The van der Waals surface area contributed by atoms with Crippen molar-refractivity contribution in [1.82, 2.24) is 5.32 Å². The van der Waals surface area contributed by atoms with Gasteiger partial charge < -0.3 is 11.1 Å². The van der Waals surface area contributed by atoms with Crippen molar-refractivity contribution in [3.8, 4) is 0 Å². The molecule has 2 heteroatoms. The minimum Gasteiger partial charge on any atom is -0.328 e. The molecule has 0 aliphatic heterocycles. The number of hydrogen-bond acceptors (Lipinski definition) is 2. The number of nitrogens with one attached hydrogen (secondary N) is 1. The van der Waals surface area contributed by atoms with Crippen molar-refractivity contribution in [2.24, 2.45) is 11.7 Å². The van der Waals surface area contributed by atoms with Crippen LogP contribution in [0.4, 0.5) is 0 Å². The van der Waals surface area contributed by atoms with Gasteiger partial charge in [0.2, 0.25) is 0 Å². The van der Waals surface area contributed by atoms with Crippen LogP contribution < -0.4 is 11.1 Å². The molecule has 0 aromatic carbocycles. The van der Waals surface area contributed by atoms with Crippen LogP contribution in [0.5, 0.6) is 0 Å². The first-order valence-corrected chi connectivity index (χ1v) is 6.27. The Labute approximate surface area is 87.6 Å². The fourth-order valence-electron chi connectivity index (χ4n) is 2.73. The first-order valence-electron chi connectivity index (χ1n) is 6.27. The van der Waals surface area contributed by atoms with Crippen molar-refractivity contribution in [3.05, 3.63) is 0 Å². The fraction of sp³-hybridized carbons (Fsp3) is 1.00. The Morgan fingerprint density at radius 1 is 1.07 bits per heavy atom. The average Bonchev–Trinajstić information content (AvgIpc) is 2.06. The van der Waals surface area contributed by atoms with Gasteiger partial charge in [-0.25, -0.2) is 0 Å². The largest absolute Gasteiger partial charge is 0.328 e. The summed E-state index contributed by atoms with van der Waals surface area (Å²) in [5, 5.41) is 3.79. The maximum Gasteiger partial charge on any atom is 0.00708 e. The van der Waals surface area contributed by atoms with E-state index in [1.807, 2.05) is 0 Å². The third-order valence-corrected chi connectivity index (χ3v) is 4.13. The molecule has 0 spiro atoms. The monoisotopic (exact) mass is 196 g/mol.